The van der Waals surface area contributed by atoms with Crippen LogP contribution in [0.3, 0.4) is 0 Å². The molecule has 1 aromatic carbocycles. The zero-order valence-corrected chi connectivity index (χ0v) is 13.3. The van der Waals surface area contributed by atoms with Crippen LogP contribution in [0.15, 0.2) is 35.6 Å². The number of fused-ring (bicyclic) bond motifs is 1. The second kappa shape index (κ2) is 7.64. The number of para-hydroxylation sites is 1. The molecule has 2 rings (SSSR count). The number of nitrogens with one attached hydrogen (secondary N) is 2. The summed E-state index contributed by atoms with van der Waals surface area (Å²) in [7, 11) is 1.46. The van der Waals surface area contributed by atoms with Gasteiger partial charge in [-0.05, 0) is 24.5 Å². The summed E-state index contributed by atoms with van der Waals surface area (Å²) in [6, 6.07) is 8.15. The number of benzene rings is 1. The third-order valence-corrected chi connectivity index (χ3v) is 3.86. The Morgan fingerprint density at radius 3 is 2.91 bits per heavy atom. The van der Waals surface area contributed by atoms with Crippen LogP contribution in [0.5, 0.6) is 0 Å². The van der Waals surface area contributed by atoms with E-state index in [0.29, 0.717) is 12.3 Å². The van der Waals surface area contributed by atoms with Gasteiger partial charge in [0.2, 0.25) is 0 Å². The fourth-order valence-corrected chi connectivity index (χ4v) is 2.39. The minimum absolute atomic E-state index is 0.0769. The maximum atomic E-state index is 12.2. The highest BCUT2D eigenvalue weighted by Gasteiger charge is 2.18. The van der Waals surface area contributed by atoms with Gasteiger partial charge in [0.25, 0.3) is 5.91 Å². The lowest BCUT2D eigenvalue weighted by Crippen LogP contribution is -2.36. The highest BCUT2D eigenvalue weighted by atomic mass is 16.6. The van der Waals surface area contributed by atoms with Gasteiger partial charge in [-0.15, -0.1) is 0 Å². The molecule has 1 aromatic heterocycles. The van der Waals surface area contributed by atoms with Gasteiger partial charge in [0.05, 0.1) is 0 Å². The van der Waals surface area contributed by atoms with Gasteiger partial charge in [-0.3, -0.25) is 4.79 Å². The molecule has 1 unspecified atom stereocenters. The summed E-state index contributed by atoms with van der Waals surface area (Å²) in [5.41, 5.74) is 2.76. The number of aromatic amines is 1. The van der Waals surface area contributed by atoms with E-state index in [9.17, 15) is 4.79 Å². The summed E-state index contributed by atoms with van der Waals surface area (Å²) in [5.74, 6) is -0.0796. The van der Waals surface area contributed by atoms with Crippen LogP contribution in [0.25, 0.3) is 10.9 Å². The molecular formula is C17H23N3O2. The van der Waals surface area contributed by atoms with Gasteiger partial charge in [0, 0.05) is 29.6 Å². The van der Waals surface area contributed by atoms with E-state index in [1.165, 1.54) is 18.1 Å². The fraction of sp³-hybridized carbons (Fsp3) is 0.412. The van der Waals surface area contributed by atoms with Crippen molar-refractivity contribution in [1.29, 1.82) is 0 Å². The predicted octanol–water partition coefficient (Wildman–Crippen LogP) is 2.88. The lowest BCUT2D eigenvalue weighted by molar-refractivity contribution is -0.115. The number of amides is 1. The van der Waals surface area contributed by atoms with Crippen LogP contribution in [0, 0.1) is 5.92 Å². The quantitative estimate of drug-likeness (QED) is 0.610. The van der Waals surface area contributed by atoms with Gasteiger partial charge in [-0.25, -0.2) is 0 Å². The van der Waals surface area contributed by atoms with Gasteiger partial charge in [-0.2, -0.15) is 0 Å². The van der Waals surface area contributed by atoms with Crippen LogP contribution in [-0.2, 0) is 16.1 Å². The SMILES string of the molecule is CCC(C)C(=NOC)C(=O)NCCc1c[nH]c2ccccc12. The van der Waals surface area contributed by atoms with E-state index in [0.717, 1.165) is 18.4 Å². The molecule has 1 atom stereocenters. The first-order valence-corrected chi connectivity index (χ1v) is 7.61. The Morgan fingerprint density at radius 2 is 2.18 bits per heavy atom. The lowest BCUT2D eigenvalue weighted by atomic mass is 10.0. The number of rotatable bonds is 7. The average molecular weight is 301 g/mol. The van der Waals surface area contributed by atoms with E-state index in [1.54, 1.807) is 0 Å². The Kier molecular flexibility index (Phi) is 5.58. The second-order valence-electron chi connectivity index (χ2n) is 5.33. The smallest absolute Gasteiger partial charge is 0.269 e. The number of oxime groups is 1. The minimum atomic E-state index is -0.156. The van der Waals surface area contributed by atoms with Crippen LogP contribution >= 0.6 is 0 Å². The fourth-order valence-electron chi connectivity index (χ4n) is 2.39. The number of hydrogen-bond donors (Lipinski definition) is 2. The van der Waals surface area contributed by atoms with Gasteiger partial charge in [0.1, 0.15) is 12.8 Å². The van der Waals surface area contributed by atoms with Gasteiger partial charge < -0.3 is 15.1 Å². The first-order valence-electron chi connectivity index (χ1n) is 7.61. The molecule has 1 amide bonds. The average Bonchev–Trinajstić information content (AvgIpc) is 2.95. The number of H-pyrrole nitrogens is 1. The lowest BCUT2D eigenvalue weighted by Gasteiger charge is -2.12. The minimum Gasteiger partial charge on any atom is -0.399 e. The third-order valence-electron chi connectivity index (χ3n) is 3.86. The molecule has 1 heterocycles. The summed E-state index contributed by atoms with van der Waals surface area (Å²) < 4.78 is 0. The molecule has 0 aliphatic carbocycles. The van der Waals surface area contributed by atoms with Crippen LogP contribution in [-0.4, -0.2) is 30.3 Å². The van der Waals surface area contributed by atoms with Gasteiger partial charge in [0.15, 0.2) is 0 Å². The Morgan fingerprint density at radius 1 is 1.41 bits per heavy atom. The molecule has 0 bridgehead atoms. The molecule has 0 saturated heterocycles. The Hall–Kier alpha value is -2.30. The Labute approximate surface area is 130 Å². The molecule has 22 heavy (non-hydrogen) atoms. The highest BCUT2D eigenvalue weighted by molar-refractivity contribution is 6.39. The molecule has 2 N–H and O–H groups in total. The highest BCUT2D eigenvalue weighted by Crippen LogP contribution is 2.17. The van der Waals surface area contributed by atoms with Crippen LogP contribution in [0.1, 0.15) is 25.8 Å². The van der Waals surface area contributed by atoms with Gasteiger partial charge >= 0.3 is 0 Å². The van der Waals surface area contributed by atoms with Crippen molar-refractivity contribution in [3.63, 3.8) is 0 Å². The molecule has 5 nitrogen and oxygen atoms in total. The molecule has 0 saturated carbocycles. The number of nitrogens with zero attached hydrogens (tertiary/aromatic N) is 1. The van der Waals surface area contributed by atoms with Crippen molar-refractivity contribution in [3.05, 3.63) is 36.0 Å². The Balaban J connectivity index is 1.95. The second-order valence-corrected chi connectivity index (χ2v) is 5.33. The van der Waals surface area contributed by atoms with E-state index in [1.807, 2.05) is 38.2 Å². The van der Waals surface area contributed by atoms with E-state index in [2.05, 4.69) is 21.5 Å². The summed E-state index contributed by atoms with van der Waals surface area (Å²) >= 11 is 0. The third kappa shape index (κ3) is 3.67. The molecule has 0 aliphatic heterocycles. The van der Waals surface area contributed by atoms with Crippen molar-refractivity contribution < 1.29 is 9.63 Å². The van der Waals surface area contributed by atoms with E-state index in [-0.39, 0.29) is 11.8 Å². The molecule has 0 fully saturated rings. The first kappa shape index (κ1) is 16.1. The Bertz CT molecular complexity index is 661. The standard InChI is InChI=1S/C17H23N3O2/c1-4-12(2)16(20-22-3)17(21)18-10-9-13-11-19-15-8-6-5-7-14(13)15/h5-8,11-12,19H,4,9-10H2,1-3H3,(H,18,21). The topological polar surface area (TPSA) is 66.5 Å². The monoisotopic (exact) mass is 301 g/mol. The van der Waals surface area contributed by atoms with E-state index < -0.39 is 0 Å². The van der Waals surface area contributed by atoms with Crippen molar-refractivity contribution in [3.8, 4) is 0 Å². The zero-order chi connectivity index (χ0) is 15.9. The molecule has 0 radical (unpaired) electrons. The van der Waals surface area contributed by atoms with Crippen molar-refractivity contribution in [2.45, 2.75) is 26.7 Å². The number of carbonyl (C=O) groups excluding carboxylic acids is 1. The maximum absolute atomic E-state index is 12.2. The summed E-state index contributed by atoms with van der Waals surface area (Å²) in [4.78, 5) is 20.2. The molecular weight excluding hydrogens is 278 g/mol. The molecule has 5 heteroatoms. The number of aromatic nitrogens is 1. The van der Waals surface area contributed by atoms with Crippen molar-refractivity contribution in [1.82, 2.24) is 10.3 Å². The summed E-state index contributed by atoms with van der Waals surface area (Å²) in [5, 5.41) is 7.98. The van der Waals surface area contributed by atoms with Crippen LogP contribution in [0.4, 0.5) is 0 Å². The van der Waals surface area contributed by atoms with Crippen molar-refractivity contribution >= 4 is 22.5 Å². The molecule has 2 aromatic rings. The molecule has 118 valence electrons. The summed E-state index contributed by atoms with van der Waals surface area (Å²) in [6.07, 6.45) is 3.62. The molecule has 0 spiro atoms. The molecule has 0 aliphatic rings. The maximum Gasteiger partial charge on any atom is 0.269 e. The van der Waals surface area contributed by atoms with E-state index >= 15 is 0 Å². The number of hydrogen-bond acceptors (Lipinski definition) is 3. The van der Waals surface area contributed by atoms with Crippen LogP contribution < -0.4 is 5.32 Å². The van der Waals surface area contributed by atoms with E-state index in [4.69, 9.17) is 4.84 Å². The normalized spacial score (nSPS) is 13.1. The van der Waals surface area contributed by atoms with Crippen LogP contribution in [0.2, 0.25) is 0 Å². The zero-order valence-electron chi connectivity index (χ0n) is 13.3. The largest absolute Gasteiger partial charge is 0.399 e. The predicted molar refractivity (Wildman–Crippen MR) is 88.9 cm³/mol. The first-order chi connectivity index (χ1) is 10.7. The van der Waals surface area contributed by atoms with Crippen molar-refractivity contribution in [2.75, 3.05) is 13.7 Å². The van der Waals surface area contributed by atoms with Crippen molar-refractivity contribution in [2.24, 2.45) is 11.1 Å². The summed E-state index contributed by atoms with van der Waals surface area (Å²) in [6.45, 7) is 4.56. The number of carbonyl (C=O) groups is 1. The van der Waals surface area contributed by atoms with Gasteiger partial charge in [-0.1, -0.05) is 37.2 Å².